The summed E-state index contributed by atoms with van der Waals surface area (Å²) in [6, 6.07) is 25.7. The van der Waals surface area contributed by atoms with Gasteiger partial charge < -0.3 is 4.57 Å². The molecule has 0 unspecified atom stereocenters. The standard InChI is InChI=1S/C23H22N2/c1-17-11-13-20(14-12-17)23-24-22-18(2)7-6-10-21(22)25(23)16-15-19-8-4-3-5-9-19/h3-14H,15-16H2,1-2H3. The van der Waals surface area contributed by atoms with E-state index in [0.29, 0.717) is 0 Å². The number of nitrogens with zero attached hydrogens (tertiary/aromatic N) is 2. The predicted molar refractivity (Wildman–Crippen MR) is 105 cm³/mol. The summed E-state index contributed by atoms with van der Waals surface area (Å²) in [5, 5.41) is 0. The molecule has 2 heteroatoms. The third kappa shape index (κ3) is 3.08. The van der Waals surface area contributed by atoms with Crippen LogP contribution in [0.3, 0.4) is 0 Å². The Balaban J connectivity index is 1.80. The molecule has 0 bridgehead atoms. The number of aromatic nitrogens is 2. The van der Waals surface area contributed by atoms with Crippen LogP contribution in [0.1, 0.15) is 16.7 Å². The molecular weight excluding hydrogens is 304 g/mol. The average molecular weight is 326 g/mol. The zero-order chi connectivity index (χ0) is 17.2. The second kappa shape index (κ2) is 6.56. The van der Waals surface area contributed by atoms with Crippen molar-refractivity contribution in [1.29, 1.82) is 0 Å². The predicted octanol–water partition coefficient (Wildman–Crippen LogP) is 5.56. The van der Waals surface area contributed by atoms with Gasteiger partial charge in [-0.1, -0.05) is 72.3 Å². The Hall–Kier alpha value is -2.87. The van der Waals surface area contributed by atoms with Crippen molar-refractivity contribution in [2.24, 2.45) is 0 Å². The van der Waals surface area contributed by atoms with Crippen LogP contribution >= 0.6 is 0 Å². The minimum absolute atomic E-state index is 0.924. The summed E-state index contributed by atoms with van der Waals surface area (Å²) in [5.74, 6) is 1.06. The molecule has 25 heavy (non-hydrogen) atoms. The Bertz CT molecular complexity index is 996. The van der Waals surface area contributed by atoms with Crippen molar-refractivity contribution in [3.8, 4) is 11.4 Å². The van der Waals surface area contributed by atoms with Gasteiger partial charge in [-0.25, -0.2) is 4.98 Å². The third-order valence-corrected chi connectivity index (χ3v) is 4.76. The molecule has 0 aliphatic carbocycles. The van der Waals surface area contributed by atoms with E-state index in [-0.39, 0.29) is 0 Å². The SMILES string of the molecule is Cc1ccc(-c2nc3c(C)cccc3n2CCc2ccccc2)cc1. The number of fused-ring (bicyclic) bond motifs is 1. The summed E-state index contributed by atoms with van der Waals surface area (Å²) in [6.07, 6.45) is 0.999. The summed E-state index contributed by atoms with van der Waals surface area (Å²) in [5.41, 5.74) is 7.34. The van der Waals surface area contributed by atoms with Gasteiger partial charge in [0.1, 0.15) is 5.82 Å². The van der Waals surface area contributed by atoms with Crippen molar-refractivity contribution in [1.82, 2.24) is 9.55 Å². The first-order valence-electron chi connectivity index (χ1n) is 8.79. The molecule has 1 heterocycles. The van der Waals surface area contributed by atoms with E-state index in [1.807, 2.05) is 0 Å². The van der Waals surface area contributed by atoms with Crippen LogP contribution in [0.15, 0.2) is 72.8 Å². The number of benzene rings is 3. The van der Waals surface area contributed by atoms with Crippen molar-refractivity contribution < 1.29 is 0 Å². The average Bonchev–Trinajstić information content (AvgIpc) is 3.01. The Morgan fingerprint density at radius 1 is 0.800 bits per heavy atom. The van der Waals surface area contributed by atoms with E-state index in [9.17, 15) is 0 Å². The molecule has 124 valence electrons. The topological polar surface area (TPSA) is 17.8 Å². The first-order chi connectivity index (χ1) is 12.2. The first-order valence-corrected chi connectivity index (χ1v) is 8.79. The molecule has 0 atom stereocenters. The monoisotopic (exact) mass is 326 g/mol. The number of aryl methyl sites for hydroxylation is 4. The lowest BCUT2D eigenvalue weighted by Crippen LogP contribution is -2.03. The lowest BCUT2D eigenvalue weighted by molar-refractivity contribution is 0.723. The number of rotatable bonds is 4. The minimum atomic E-state index is 0.924. The van der Waals surface area contributed by atoms with Gasteiger partial charge in [-0.2, -0.15) is 0 Å². The van der Waals surface area contributed by atoms with Crippen molar-refractivity contribution in [3.05, 3.63) is 89.5 Å². The lowest BCUT2D eigenvalue weighted by atomic mass is 10.1. The van der Waals surface area contributed by atoms with E-state index in [2.05, 4.69) is 91.2 Å². The molecule has 0 saturated heterocycles. The maximum atomic E-state index is 4.99. The van der Waals surface area contributed by atoms with Crippen LogP contribution in [0.25, 0.3) is 22.4 Å². The van der Waals surface area contributed by atoms with Crippen molar-refractivity contribution in [2.45, 2.75) is 26.8 Å². The number of hydrogen-bond donors (Lipinski definition) is 0. The van der Waals surface area contributed by atoms with Gasteiger partial charge >= 0.3 is 0 Å². The quantitative estimate of drug-likeness (QED) is 0.480. The van der Waals surface area contributed by atoms with Crippen LogP contribution in [0.2, 0.25) is 0 Å². The Morgan fingerprint density at radius 3 is 2.32 bits per heavy atom. The highest BCUT2D eigenvalue weighted by atomic mass is 15.1. The van der Waals surface area contributed by atoms with Gasteiger partial charge in [0, 0.05) is 12.1 Å². The molecule has 0 radical (unpaired) electrons. The van der Waals surface area contributed by atoms with E-state index in [0.717, 1.165) is 24.3 Å². The van der Waals surface area contributed by atoms with Crippen LogP contribution in [-0.4, -0.2) is 9.55 Å². The second-order valence-corrected chi connectivity index (χ2v) is 6.63. The van der Waals surface area contributed by atoms with Crippen LogP contribution < -0.4 is 0 Å². The molecule has 0 N–H and O–H groups in total. The number of hydrogen-bond acceptors (Lipinski definition) is 1. The molecule has 0 spiro atoms. The van der Waals surface area contributed by atoms with Gasteiger partial charge in [0.15, 0.2) is 0 Å². The zero-order valence-corrected chi connectivity index (χ0v) is 14.7. The molecule has 0 fully saturated rings. The van der Waals surface area contributed by atoms with Crippen LogP contribution in [0.5, 0.6) is 0 Å². The molecule has 0 aliphatic rings. The highest BCUT2D eigenvalue weighted by Crippen LogP contribution is 2.27. The van der Waals surface area contributed by atoms with Crippen LogP contribution in [-0.2, 0) is 13.0 Å². The van der Waals surface area contributed by atoms with E-state index < -0.39 is 0 Å². The molecule has 0 aliphatic heterocycles. The fourth-order valence-corrected chi connectivity index (χ4v) is 3.32. The van der Waals surface area contributed by atoms with E-state index in [1.54, 1.807) is 0 Å². The smallest absolute Gasteiger partial charge is 0.141 e. The number of imidazole rings is 1. The third-order valence-electron chi connectivity index (χ3n) is 4.76. The summed E-state index contributed by atoms with van der Waals surface area (Å²) < 4.78 is 2.36. The normalized spacial score (nSPS) is 11.1. The Kier molecular flexibility index (Phi) is 4.10. The first kappa shape index (κ1) is 15.6. The van der Waals surface area contributed by atoms with Gasteiger partial charge in [0.05, 0.1) is 11.0 Å². The van der Waals surface area contributed by atoms with Gasteiger partial charge in [-0.05, 0) is 37.5 Å². The van der Waals surface area contributed by atoms with Crippen molar-refractivity contribution in [3.63, 3.8) is 0 Å². The van der Waals surface area contributed by atoms with Crippen LogP contribution in [0.4, 0.5) is 0 Å². The van der Waals surface area contributed by atoms with E-state index in [4.69, 9.17) is 4.98 Å². The Morgan fingerprint density at radius 2 is 1.56 bits per heavy atom. The van der Waals surface area contributed by atoms with Gasteiger partial charge in [0.2, 0.25) is 0 Å². The highest BCUT2D eigenvalue weighted by molar-refractivity contribution is 5.83. The molecule has 2 nitrogen and oxygen atoms in total. The Labute approximate surface area is 148 Å². The molecular formula is C23H22N2. The lowest BCUT2D eigenvalue weighted by Gasteiger charge is -2.10. The zero-order valence-electron chi connectivity index (χ0n) is 14.7. The summed E-state index contributed by atoms with van der Waals surface area (Å²) in [4.78, 5) is 4.99. The van der Waals surface area contributed by atoms with Crippen LogP contribution in [0, 0.1) is 13.8 Å². The number of para-hydroxylation sites is 1. The molecule has 0 saturated carbocycles. The molecule has 4 aromatic rings. The highest BCUT2D eigenvalue weighted by Gasteiger charge is 2.13. The molecule has 4 rings (SSSR count). The minimum Gasteiger partial charge on any atom is -0.324 e. The van der Waals surface area contributed by atoms with Gasteiger partial charge in [-0.3, -0.25) is 0 Å². The second-order valence-electron chi connectivity index (χ2n) is 6.63. The summed E-state index contributed by atoms with van der Waals surface area (Å²) in [7, 11) is 0. The fraction of sp³-hybridized carbons (Fsp3) is 0.174. The summed E-state index contributed by atoms with van der Waals surface area (Å²) in [6.45, 7) is 5.18. The van der Waals surface area contributed by atoms with E-state index in [1.165, 1.54) is 27.8 Å². The largest absolute Gasteiger partial charge is 0.324 e. The van der Waals surface area contributed by atoms with Gasteiger partial charge in [0.25, 0.3) is 0 Å². The fourth-order valence-electron chi connectivity index (χ4n) is 3.32. The van der Waals surface area contributed by atoms with Crippen molar-refractivity contribution >= 4 is 11.0 Å². The molecule has 0 amide bonds. The summed E-state index contributed by atoms with van der Waals surface area (Å²) >= 11 is 0. The molecule has 1 aromatic heterocycles. The van der Waals surface area contributed by atoms with Gasteiger partial charge in [-0.15, -0.1) is 0 Å². The maximum Gasteiger partial charge on any atom is 0.141 e. The van der Waals surface area contributed by atoms with Crippen molar-refractivity contribution in [2.75, 3.05) is 0 Å². The maximum absolute atomic E-state index is 4.99. The van der Waals surface area contributed by atoms with E-state index >= 15 is 0 Å². The molecule has 3 aromatic carbocycles.